The van der Waals surface area contributed by atoms with Crippen LogP contribution in [0, 0.1) is 27.7 Å². The number of nitrogens with one attached hydrogen (secondary N) is 1. The van der Waals surface area contributed by atoms with Gasteiger partial charge in [0.1, 0.15) is 5.58 Å². The molecule has 0 saturated heterocycles. The van der Waals surface area contributed by atoms with Gasteiger partial charge in [-0.15, -0.1) is 10.2 Å². The Kier molecular flexibility index (Phi) is 5.43. The van der Waals surface area contributed by atoms with Crippen LogP contribution < -0.4 is 5.32 Å². The van der Waals surface area contributed by atoms with Crippen molar-refractivity contribution < 1.29 is 9.21 Å². The van der Waals surface area contributed by atoms with Crippen LogP contribution in [0.5, 0.6) is 0 Å². The number of fused-ring (bicyclic) bond motifs is 1. The Labute approximate surface area is 177 Å². The van der Waals surface area contributed by atoms with E-state index in [0.717, 1.165) is 37.8 Å². The van der Waals surface area contributed by atoms with Gasteiger partial charge in [-0.25, -0.2) is 0 Å². The number of aryl methyl sites for hydroxylation is 4. The maximum absolute atomic E-state index is 12.8. The molecule has 0 unspecified atom stereocenters. The van der Waals surface area contributed by atoms with Crippen LogP contribution in [0.4, 0.5) is 5.13 Å². The number of aromatic nitrogens is 2. The van der Waals surface area contributed by atoms with Gasteiger partial charge >= 0.3 is 0 Å². The number of carbonyl (C=O) groups excluding carboxylic acids is 1. The molecule has 2 heterocycles. The van der Waals surface area contributed by atoms with Gasteiger partial charge in [-0.1, -0.05) is 53.4 Å². The fourth-order valence-corrected chi connectivity index (χ4v) is 5.21. The molecule has 1 amide bonds. The lowest BCUT2D eigenvalue weighted by Crippen LogP contribution is -2.11. The number of nitrogens with zero attached hydrogens (tertiary/aromatic N) is 2. The molecule has 0 spiro atoms. The van der Waals surface area contributed by atoms with Crippen LogP contribution in [0.3, 0.4) is 0 Å². The molecule has 5 nitrogen and oxygen atoms in total. The Morgan fingerprint density at radius 1 is 1.10 bits per heavy atom. The molecule has 0 aliphatic carbocycles. The van der Waals surface area contributed by atoms with Gasteiger partial charge < -0.3 is 4.42 Å². The molecule has 4 aromatic rings. The van der Waals surface area contributed by atoms with Crippen LogP contribution >= 0.6 is 23.1 Å². The van der Waals surface area contributed by atoms with E-state index in [1.807, 2.05) is 39.0 Å². The quantitative estimate of drug-likeness (QED) is 0.312. The SMILES string of the molecule is Cc1cc(C)c2c(C)c(C(=O)Nc3nnc(SCc4ccccc4C)s3)oc2c1. The third-order valence-electron chi connectivity index (χ3n) is 4.82. The van der Waals surface area contributed by atoms with E-state index < -0.39 is 0 Å². The van der Waals surface area contributed by atoms with Crippen LogP contribution in [0.2, 0.25) is 0 Å². The normalized spacial score (nSPS) is 11.2. The molecule has 29 heavy (non-hydrogen) atoms. The van der Waals surface area contributed by atoms with E-state index in [1.54, 1.807) is 11.8 Å². The number of carbonyl (C=O) groups is 1. The Hall–Kier alpha value is -2.64. The third kappa shape index (κ3) is 4.06. The van der Waals surface area contributed by atoms with Crippen molar-refractivity contribution >= 4 is 45.1 Å². The molecule has 148 valence electrons. The van der Waals surface area contributed by atoms with E-state index in [4.69, 9.17) is 4.42 Å². The number of amides is 1. The summed E-state index contributed by atoms with van der Waals surface area (Å²) in [6.45, 7) is 8.05. The fraction of sp³-hybridized carbons (Fsp3) is 0.227. The number of furan rings is 1. The lowest BCUT2D eigenvalue weighted by atomic mass is 10.0. The monoisotopic (exact) mass is 423 g/mol. The first-order valence-corrected chi connectivity index (χ1v) is 11.0. The first kappa shape index (κ1) is 19.7. The van der Waals surface area contributed by atoms with Crippen molar-refractivity contribution in [2.24, 2.45) is 0 Å². The van der Waals surface area contributed by atoms with Crippen LogP contribution in [-0.4, -0.2) is 16.1 Å². The Bertz CT molecular complexity index is 1210. The van der Waals surface area contributed by atoms with Gasteiger partial charge in [0.2, 0.25) is 5.13 Å². The van der Waals surface area contributed by atoms with E-state index in [0.29, 0.717) is 10.9 Å². The van der Waals surface area contributed by atoms with Gasteiger partial charge in [0.25, 0.3) is 5.91 Å². The number of rotatable bonds is 5. The highest BCUT2D eigenvalue weighted by atomic mass is 32.2. The second-order valence-corrected chi connectivity index (χ2v) is 9.25. The summed E-state index contributed by atoms with van der Waals surface area (Å²) in [4.78, 5) is 12.8. The zero-order valence-corrected chi connectivity index (χ0v) is 18.3. The molecule has 0 bridgehead atoms. The van der Waals surface area contributed by atoms with E-state index in [-0.39, 0.29) is 5.91 Å². The van der Waals surface area contributed by atoms with Crippen molar-refractivity contribution in [2.45, 2.75) is 37.8 Å². The lowest BCUT2D eigenvalue weighted by Gasteiger charge is -2.02. The smallest absolute Gasteiger partial charge is 0.293 e. The Morgan fingerprint density at radius 2 is 1.90 bits per heavy atom. The standard InChI is InChI=1S/C22H21N3O2S2/c1-12-9-14(3)18-15(4)19(27-17(18)10-12)20(26)23-21-24-25-22(29-21)28-11-16-8-6-5-7-13(16)2/h5-10H,11H2,1-4H3,(H,23,24,26). The average molecular weight is 424 g/mol. The minimum atomic E-state index is -0.303. The topological polar surface area (TPSA) is 68.0 Å². The zero-order valence-electron chi connectivity index (χ0n) is 16.7. The molecule has 0 aliphatic heterocycles. The minimum absolute atomic E-state index is 0.303. The van der Waals surface area contributed by atoms with Crippen molar-refractivity contribution in [2.75, 3.05) is 5.32 Å². The highest BCUT2D eigenvalue weighted by Gasteiger charge is 2.20. The molecule has 1 N–H and O–H groups in total. The van der Waals surface area contributed by atoms with Crippen LogP contribution in [0.1, 0.15) is 38.4 Å². The summed E-state index contributed by atoms with van der Waals surface area (Å²) in [6, 6.07) is 12.3. The lowest BCUT2D eigenvalue weighted by molar-refractivity contribution is 0.0998. The number of thioether (sulfide) groups is 1. The van der Waals surface area contributed by atoms with Crippen molar-refractivity contribution in [3.8, 4) is 0 Å². The van der Waals surface area contributed by atoms with Crippen molar-refractivity contribution in [3.63, 3.8) is 0 Å². The molecule has 7 heteroatoms. The number of benzene rings is 2. The molecular formula is C22H21N3O2S2. The highest BCUT2D eigenvalue weighted by molar-refractivity contribution is 8.00. The molecule has 0 atom stereocenters. The predicted molar refractivity (Wildman–Crippen MR) is 119 cm³/mol. The van der Waals surface area contributed by atoms with Gasteiger partial charge in [-0.3, -0.25) is 10.1 Å². The molecule has 0 fully saturated rings. The first-order valence-electron chi connectivity index (χ1n) is 9.25. The molecule has 2 aromatic heterocycles. The molecular weight excluding hydrogens is 402 g/mol. The van der Waals surface area contributed by atoms with Crippen molar-refractivity contribution in [1.82, 2.24) is 10.2 Å². The molecule has 0 saturated carbocycles. The Balaban J connectivity index is 1.48. The van der Waals surface area contributed by atoms with Gasteiger partial charge in [-0.2, -0.15) is 0 Å². The number of hydrogen-bond donors (Lipinski definition) is 1. The van der Waals surface area contributed by atoms with E-state index >= 15 is 0 Å². The third-order valence-corrected chi connectivity index (χ3v) is 6.84. The zero-order chi connectivity index (χ0) is 20.5. The Morgan fingerprint density at radius 3 is 2.69 bits per heavy atom. The van der Waals surface area contributed by atoms with Crippen LogP contribution in [0.15, 0.2) is 45.2 Å². The summed E-state index contributed by atoms with van der Waals surface area (Å²) in [7, 11) is 0. The second-order valence-electron chi connectivity index (χ2n) is 7.05. The molecule has 4 rings (SSSR count). The largest absolute Gasteiger partial charge is 0.451 e. The van der Waals surface area contributed by atoms with Gasteiger partial charge in [0, 0.05) is 16.7 Å². The summed E-state index contributed by atoms with van der Waals surface area (Å²) < 4.78 is 6.68. The van der Waals surface area contributed by atoms with Crippen LogP contribution in [0.25, 0.3) is 11.0 Å². The number of hydrogen-bond acceptors (Lipinski definition) is 6. The van der Waals surface area contributed by atoms with E-state index in [1.165, 1.54) is 22.5 Å². The second kappa shape index (κ2) is 8.00. The summed E-state index contributed by atoms with van der Waals surface area (Å²) in [5.74, 6) is 0.830. The molecule has 2 aromatic carbocycles. The maximum atomic E-state index is 12.8. The molecule has 0 radical (unpaired) electrons. The van der Waals surface area contributed by atoms with Gasteiger partial charge in [0.15, 0.2) is 10.1 Å². The van der Waals surface area contributed by atoms with E-state index in [2.05, 4.69) is 40.6 Å². The summed E-state index contributed by atoms with van der Waals surface area (Å²) in [5, 5.41) is 12.6. The van der Waals surface area contributed by atoms with Gasteiger partial charge in [0.05, 0.1) is 0 Å². The molecule has 0 aliphatic rings. The van der Waals surface area contributed by atoms with Crippen LogP contribution in [-0.2, 0) is 5.75 Å². The minimum Gasteiger partial charge on any atom is -0.451 e. The van der Waals surface area contributed by atoms with E-state index in [9.17, 15) is 4.79 Å². The van der Waals surface area contributed by atoms with Gasteiger partial charge in [-0.05, 0) is 56.0 Å². The predicted octanol–water partition coefficient (Wildman–Crippen LogP) is 6.06. The summed E-state index contributed by atoms with van der Waals surface area (Å²) in [5.41, 5.74) is 6.30. The maximum Gasteiger partial charge on any atom is 0.293 e. The van der Waals surface area contributed by atoms with Crippen molar-refractivity contribution in [1.29, 1.82) is 0 Å². The summed E-state index contributed by atoms with van der Waals surface area (Å²) in [6.07, 6.45) is 0. The highest BCUT2D eigenvalue weighted by Crippen LogP contribution is 2.32. The first-order chi connectivity index (χ1) is 13.9. The fourth-order valence-electron chi connectivity index (χ4n) is 3.39. The average Bonchev–Trinajstić information content (AvgIpc) is 3.25. The van der Waals surface area contributed by atoms with Crippen molar-refractivity contribution in [3.05, 3.63) is 70.0 Å². The number of anilines is 1. The summed E-state index contributed by atoms with van der Waals surface area (Å²) >= 11 is 2.98.